The Hall–Kier alpha value is -1.31. The van der Waals surface area contributed by atoms with Crippen LogP contribution in [0.25, 0.3) is 0 Å². The molecule has 0 unspecified atom stereocenters. The molecule has 0 fully saturated rings. The van der Waals surface area contributed by atoms with E-state index < -0.39 is 15.6 Å². The van der Waals surface area contributed by atoms with E-state index in [1.165, 1.54) is 0 Å². The van der Waals surface area contributed by atoms with Crippen molar-refractivity contribution in [2.45, 2.75) is 32.9 Å². The van der Waals surface area contributed by atoms with Crippen molar-refractivity contribution in [2.24, 2.45) is 4.99 Å². The van der Waals surface area contributed by atoms with E-state index in [2.05, 4.69) is 20.3 Å². The van der Waals surface area contributed by atoms with Gasteiger partial charge in [0, 0.05) is 23.7 Å². The van der Waals surface area contributed by atoms with Crippen LogP contribution in [-0.4, -0.2) is 39.3 Å². The second-order valence-corrected chi connectivity index (χ2v) is 8.12. The SMILES string of the molecule is CCNC(=NCc1cccc(Cl)c1)NCC(C)(C)NS(C)(=O)=O. The summed E-state index contributed by atoms with van der Waals surface area (Å²) < 4.78 is 25.3. The third-order valence-corrected chi connectivity index (χ3v) is 3.97. The first kappa shape index (κ1) is 19.7. The maximum absolute atomic E-state index is 11.4. The van der Waals surface area contributed by atoms with Crippen molar-refractivity contribution in [1.29, 1.82) is 0 Å². The van der Waals surface area contributed by atoms with Crippen LogP contribution in [0, 0.1) is 0 Å². The Balaban J connectivity index is 2.69. The highest BCUT2D eigenvalue weighted by Gasteiger charge is 2.22. The standard InChI is InChI=1S/C15H25ClN4O2S/c1-5-17-14(18-10-12-7-6-8-13(16)9-12)19-11-15(2,3)20-23(4,21)22/h6-9,20H,5,10-11H2,1-4H3,(H2,17,18,19). The number of nitrogens with one attached hydrogen (secondary N) is 3. The first-order valence-corrected chi connectivity index (χ1v) is 9.64. The molecule has 23 heavy (non-hydrogen) atoms. The maximum Gasteiger partial charge on any atom is 0.209 e. The summed E-state index contributed by atoms with van der Waals surface area (Å²) in [5.41, 5.74) is 0.378. The maximum atomic E-state index is 11.4. The average Bonchev–Trinajstić information content (AvgIpc) is 2.39. The van der Waals surface area contributed by atoms with E-state index in [1.54, 1.807) is 0 Å². The monoisotopic (exact) mass is 360 g/mol. The lowest BCUT2D eigenvalue weighted by molar-refractivity contribution is 0.446. The van der Waals surface area contributed by atoms with Crippen molar-refractivity contribution in [1.82, 2.24) is 15.4 Å². The highest BCUT2D eigenvalue weighted by atomic mass is 35.5. The normalized spacial score (nSPS) is 13.0. The van der Waals surface area contributed by atoms with Gasteiger partial charge in [-0.25, -0.2) is 18.1 Å². The molecule has 6 nitrogen and oxygen atoms in total. The Kier molecular flexibility index (Phi) is 7.31. The number of guanidine groups is 1. The number of nitrogens with zero attached hydrogens (tertiary/aromatic N) is 1. The molecule has 0 spiro atoms. The van der Waals surface area contributed by atoms with Crippen molar-refractivity contribution < 1.29 is 8.42 Å². The lowest BCUT2D eigenvalue weighted by Gasteiger charge is -2.26. The van der Waals surface area contributed by atoms with Crippen LogP contribution in [0.2, 0.25) is 5.02 Å². The molecule has 130 valence electrons. The summed E-state index contributed by atoms with van der Waals surface area (Å²) in [7, 11) is -3.27. The molecule has 3 N–H and O–H groups in total. The molecule has 8 heteroatoms. The molecule has 0 aliphatic rings. The van der Waals surface area contributed by atoms with Crippen molar-refractivity contribution in [3.63, 3.8) is 0 Å². The second kappa shape index (κ2) is 8.52. The number of hydrogen-bond donors (Lipinski definition) is 3. The van der Waals surface area contributed by atoms with Gasteiger partial charge < -0.3 is 10.6 Å². The zero-order valence-electron chi connectivity index (χ0n) is 14.0. The van der Waals surface area contributed by atoms with Crippen LogP contribution in [-0.2, 0) is 16.6 Å². The van der Waals surface area contributed by atoms with E-state index >= 15 is 0 Å². The third kappa shape index (κ3) is 8.78. The molecule has 0 aliphatic carbocycles. The zero-order valence-corrected chi connectivity index (χ0v) is 15.6. The van der Waals surface area contributed by atoms with Crippen LogP contribution in [0.1, 0.15) is 26.3 Å². The van der Waals surface area contributed by atoms with E-state index in [1.807, 2.05) is 45.0 Å². The highest BCUT2D eigenvalue weighted by molar-refractivity contribution is 7.88. The first-order valence-electron chi connectivity index (χ1n) is 7.37. The van der Waals surface area contributed by atoms with Crippen LogP contribution in [0.15, 0.2) is 29.3 Å². The Morgan fingerprint density at radius 3 is 2.57 bits per heavy atom. The van der Waals surface area contributed by atoms with Gasteiger partial charge in [0.05, 0.1) is 12.8 Å². The molecule has 0 saturated carbocycles. The molecule has 1 aromatic carbocycles. The summed E-state index contributed by atoms with van der Waals surface area (Å²) in [4.78, 5) is 4.48. The number of sulfonamides is 1. The van der Waals surface area contributed by atoms with Crippen molar-refractivity contribution in [3.05, 3.63) is 34.9 Å². The van der Waals surface area contributed by atoms with Gasteiger partial charge in [0.25, 0.3) is 0 Å². The average molecular weight is 361 g/mol. The second-order valence-electron chi connectivity index (χ2n) is 5.94. The fraction of sp³-hybridized carbons (Fsp3) is 0.533. The summed E-state index contributed by atoms with van der Waals surface area (Å²) in [5.74, 6) is 0.621. The van der Waals surface area contributed by atoms with Crippen LogP contribution in [0.4, 0.5) is 0 Å². The molecule has 0 aliphatic heterocycles. The van der Waals surface area contributed by atoms with Crippen LogP contribution < -0.4 is 15.4 Å². The van der Waals surface area contributed by atoms with Crippen LogP contribution in [0.5, 0.6) is 0 Å². The van der Waals surface area contributed by atoms with Gasteiger partial charge in [-0.05, 0) is 38.5 Å². The number of halogens is 1. The van der Waals surface area contributed by atoms with Gasteiger partial charge in [0.15, 0.2) is 5.96 Å². The number of hydrogen-bond acceptors (Lipinski definition) is 3. The van der Waals surface area contributed by atoms with E-state index in [0.29, 0.717) is 30.6 Å². The molecule has 0 saturated heterocycles. The lowest BCUT2D eigenvalue weighted by atomic mass is 10.1. The minimum absolute atomic E-state index is 0.404. The molecule has 0 atom stereocenters. The van der Waals surface area contributed by atoms with Crippen LogP contribution in [0.3, 0.4) is 0 Å². The van der Waals surface area contributed by atoms with E-state index in [0.717, 1.165) is 11.8 Å². The first-order chi connectivity index (χ1) is 10.6. The topological polar surface area (TPSA) is 82.6 Å². The minimum Gasteiger partial charge on any atom is -0.357 e. The van der Waals surface area contributed by atoms with Crippen molar-refractivity contribution in [2.75, 3.05) is 19.3 Å². The summed E-state index contributed by atoms with van der Waals surface area (Å²) >= 11 is 5.96. The smallest absolute Gasteiger partial charge is 0.209 e. The molecule has 0 heterocycles. The fourth-order valence-corrected chi connectivity index (χ4v) is 3.28. The highest BCUT2D eigenvalue weighted by Crippen LogP contribution is 2.11. The minimum atomic E-state index is -3.27. The Morgan fingerprint density at radius 2 is 2.00 bits per heavy atom. The summed E-state index contributed by atoms with van der Waals surface area (Å²) in [6.45, 7) is 7.18. The number of aliphatic imine (C=N–C) groups is 1. The van der Waals surface area contributed by atoms with Gasteiger partial charge >= 0.3 is 0 Å². The van der Waals surface area contributed by atoms with Crippen LogP contribution >= 0.6 is 11.6 Å². The third-order valence-electron chi connectivity index (χ3n) is 2.81. The number of rotatable bonds is 7. The predicted octanol–water partition coefficient (Wildman–Crippen LogP) is 1.72. The largest absolute Gasteiger partial charge is 0.357 e. The van der Waals surface area contributed by atoms with Gasteiger partial charge in [-0.15, -0.1) is 0 Å². The Bertz CT molecular complexity index is 645. The summed E-state index contributed by atoms with van der Waals surface area (Å²) in [6.07, 6.45) is 1.15. The molecule has 0 radical (unpaired) electrons. The molecule has 0 bridgehead atoms. The van der Waals surface area contributed by atoms with Crippen molar-refractivity contribution in [3.8, 4) is 0 Å². The van der Waals surface area contributed by atoms with Gasteiger partial charge in [-0.2, -0.15) is 0 Å². The lowest BCUT2D eigenvalue weighted by Crippen LogP contribution is -2.53. The Labute approximate surface area is 143 Å². The molecule has 1 aromatic rings. The summed E-state index contributed by atoms with van der Waals surface area (Å²) in [6, 6.07) is 7.52. The van der Waals surface area contributed by atoms with Gasteiger partial charge in [0.2, 0.25) is 10.0 Å². The molecule has 1 rings (SSSR count). The van der Waals surface area contributed by atoms with Gasteiger partial charge in [-0.1, -0.05) is 23.7 Å². The van der Waals surface area contributed by atoms with Crippen molar-refractivity contribution >= 4 is 27.6 Å². The fourth-order valence-electron chi connectivity index (χ4n) is 1.99. The zero-order chi connectivity index (χ0) is 17.5. The summed E-state index contributed by atoms with van der Waals surface area (Å²) in [5, 5.41) is 6.95. The molecular weight excluding hydrogens is 336 g/mol. The van der Waals surface area contributed by atoms with E-state index in [9.17, 15) is 8.42 Å². The van der Waals surface area contributed by atoms with E-state index in [-0.39, 0.29) is 0 Å². The predicted molar refractivity (Wildman–Crippen MR) is 96.3 cm³/mol. The van der Waals surface area contributed by atoms with Gasteiger partial charge in [0.1, 0.15) is 0 Å². The molecular formula is C15H25ClN4O2S. The quantitative estimate of drug-likeness (QED) is 0.510. The number of benzene rings is 1. The molecule has 0 amide bonds. The van der Waals surface area contributed by atoms with Gasteiger partial charge in [-0.3, -0.25) is 0 Å². The van der Waals surface area contributed by atoms with E-state index in [4.69, 9.17) is 11.6 Å². The Morgan fingerprint density at radius 1 is 1.30 bits per heavy atom. The molecule has 0 aromatic heterocycles.